The SMILES string of the molecule is COC1(CNc2nc(C3CC3)nc3c2CCC3)CCS(=O)(=O)C1. The largest absolute Gasteiger partial charge is 0.375 e. The van der Waals surface area contributed by atoms with Gasteiger partial charge < -0.3 is 10.1 Å². The van der Waals surface area contributed by atoms with Gasteiger partial charge >= 0.3 is 0 Å². The maximum Gasteiger partial charge on any atom is 0.153 e. The van der Waals surface area contributed by atoms with E-state index in [-0.39, 0.29) is 11.5 Å². The highest BCUT2D eigenvalue weighted by Crippen LogP contribution is 2.40. The Morgan fingerprint density at radius 3 is 2.78 bits per heavy atom. The Labute approximate surface area is 137 Å². The van der Waals surface area contributed by atoms with E-state index < -0.39 is 15.4 Å². The van der Waals surface area contributed by atoms with E-state index in [2.05, 4.69) is 5.32 Å². The number of nitrogens with zero attached hydrogens (tertiary/aromatic N) is 2. The van der Waals surface area contributed by atoms with Gasteiger partial charge in [0, 0.05) is 30.8 Å². The number of aryl methyl sites for hydroxylation is 1. The molecule has 1 aromatic rings. The van der Waals surface area contributed by atoms with Gasteiger partial charge in [-0.05, 0) is 38.5 Å². The Kier molecular flexibility index (Phi) is 3.61. The molecule has 1 aliphatic heterocycles. The summed E-state index contributed by atoms with van der Waals surface area (Å²) in [4.78, 5) is 9.48. The number of anilines is 1. The van der Waals surface area contributed by atoms with Crippen LogP contribution in [0.1, 0.15) is 48.7 Å². The lowest BCUT2D eigenvalue weighted by Gasteiger charge is -2.27. The summed E-state index contributed by atoms with van der Waals surface area (Å²) in [6.07, 6.45) is 6.05. The van der Waals surface area contributed by atoms with Gasteiger partial charge in [0.05, 0.1) is 17.1 Å². The van der Waals surface area contributed by atoms with Crippen LogP contribution >= 0.6 is 0 Å². The highest BCUT2D eigenvalue weighted by molar-refractivity contribution is 7.91. The van der Waals surface area contributed by atoms with Crippen molar-refractivity contribution in [3.05, 3.63) is 17.1 Å². The fourth-order valence-electron chi connectivity index (χ4n) is 3.63. The zero-order chi connectivity index (χ0) is 16.1. The van der Waals surface area contributed by atoms with Gasteiger partial charge in [-0.1, -0.05) is 0 Å². The molecule has 2 aliphatic carbocycles. The molecular formula is C16H23N3O3S. The third-order valence-electron chi connectivity index (χ3n) is 5.26. The number of ether oxygens (including phenoxy) is 1. The highest BCUT2D eigenvalue weighted by Gasteiger charge is 2.42. The lowest BCUT2D eigenvalue weighted by atomic mass is 10.0. The van der Waals surface area contributed by atoms with Gasteiger partial charge in [0.15, 0.2) is 9.84 Å². The maximum atomic E-state index is 11.8. The number of nitrogens with one attached hydrogen (secondary N) is 1. The third kappa shape index (κ3) is 2.96. The van der Waals surface area contributed by atoms with Crippen LogP contribution in [0, 0.1) is 0 Å². The van der Waals surface area contributed by atoms with E-state index in [0.29, 0.717) is 18.9 Å². The Morgan fingerprint density at radius 2 is 2.13 bits per heavy atom. The topological polar surface area (TPSA) is 81.2 Å². The number of rotatable bonds is 5. The second-order valence-electron chi connectivity index (χ2n) is 7.07. The summed E-state index contributed by atoms with van der Waals surface area (Å²) >= 11 is 0. The van der Waals surface area contributed by atoms with Crippen LogP contribution < -0.4 is 5.32 Å². The van der Waals surface area contributed by atoms with Crippen LogP contribution in [0.2, 0.25) is 0 Å². The predicted molar refractivity (Wildman–Crippen MR) is 87.5 cm³/mol. The van der Waals surface area contributed by atoms with Gasteiger partial charge in [-0.25, -0.2) is 18.4 Å². The first-order valence-corrected chi connectivity index (χ1v) is 10.2. The highest BCUT2D eigenvalue weighted by atomic mass is 32.2. The smallest absolute Gasteiger partial charge is 0.153 e. The molecule has 23 heavy (non-hydrogen) atoms. The molecule has 7 heteroatoms. The quantitative estimate of drug-likeness (QED) is 0.876. The van der Waals surface area contributed by atoms with Crippen LogP contribution in [0.15, 0.2) is 0 Å². The van der Waals surface area contributed by atoms with E-state index in [4.69, 9.17) is 14.7 Å². The molecule has 2 heterocycles. The maximum absolute atomic E-state index is 11.8. The molecule has 1 aromatic heterocycles. The summed E-state index contributed by atoms with van der Waals surface area (Å²) in [5.41, 5.74) is 1.76. The molecule has 1 unspecified atom stereocenters. The molecule has 1 atom stereocenters. The first-order chi connectivity index (χ1) is 11.0. The van der Waals surface area contributed by atoms with Crippen LogP contribution in [0.5, 0.6) is 0 Å². The number of methoxy groups -OCH3 is 1. The third-order valence-corrected chi connectivity index (χ3v) is 7.05. The minimum atomic E-state index is -2.99. The van der Waals surface area contributed by atoms with Gasteiger partial charge in [-0.2, -0.15) is 0 Å². The van der Waals surface area contributed by atoms with Gasteiger partial charge in [0.1, 0.15) is 11.6 Å². The van der Waals surface area contributed by atoms with E-state index in [1.54, 1.807) is 7.11 Å². The van der Waals surface area contributed by atoms with E-state index in [1.165, 1.54) is 24.1 Å². The minimum absolute atomic E-state index is 0.0895. The molecule has 0 radical (unpaired) electrons. The van der Waals surface area contributed by atoms with Gasteiger partial charge in [-0.3, -0.25) is 0 Å². The molecular weight excluding hydrogens is 314 g/mol. The van der Waals surface area contributed by atoms with E-state index in [0.717, 1.165) is 30.9 Å². The molecule has 0 spiro atoms. The van der Waals surface area contributed by atoms with Crippen molar-refractivity contribution in [2.24, 2.45) is 0 Å². The van der Waals surface area contributed by atoms with E-state index in [1.807, 2.05) is 0 Å². The standard InChI is InChI=1S/C16H23N3O3S/c1-22-16(7-8-23(20,21)10-16)9-17-15-12-3-2-4-13(12)18-14(19-15)11-5-6-11/h11H,2-10H2,1H3,(H,17,18,19). The monoisotopic (exact) mass is 337 g/mol. The minimum Gasteiger partial charge on any atom is -0.375 e. The van der Waals surface area contributed by atoms with Crippen LogP contribution in [0.3, 0.4) is 0 Å². The Balaban J connectivity index is 1.57. The second kappa shape index (κ2) is 5.41. The van der Waals surface area contributed by atoms with Gasteiger partial charge in [-0.15, -0.1) is 0 Å². The second-order valence-corrected chi connectivity index (χ2v) is 9.25. The Hall–Kier alpha value is -1.21. The van der Waals surface area contributed by atoms with Gasteiger partial charge in [0.2, 0.25) is 0 Å². The fourth-order valence-corrected chi connectivity index (χ4v) is 5.62. The number of aromatic nitrogens is 2. The summed E-state index contributed by atoms with van der Waals surface area (Å²) in [5.74, 6) is 2.67. The lowest BCUT2D eigenvalue weighted by molar-refractivity contribution is 0.0240. The zero-order valence-corrected chi connectivity index (χ0v) is 14.3. The summed E-state index contributed by atoms with van der Waals surface area (Å²) < 4.78 is 29.2. The van der Waals surface area contributed by atoms with E-state index >= 15 is 0 Å². The number of hydrogen-bond acceptors (Lipinski definition) is 6. The molecule has 1 N–H and O–H groups in total. The van der Waals surface area contributed by atoms with Crippen molar-refractivity contribution >= 4 is 15.7 Å². The predicted octanol–water partition coefficient (Wildman–Crippen LogP) is 1.46. The Bertz CT molecular complexity index is 730. The molecule has 0 bridgehead atoms. The average molecular weight is 337 g/mol. The first kappa shape index (κ1) is 15.3. The molecule has 2 fully saturated rings. The molecule has 4 rings (SSSR count). The van der Waals surface area contributed by atoms with Crippen molar-refractivity contribution in [2.75, 3.05) is 30.5 Å². The van der Waals surface area contributed by atoms with Crippen LogP contribution in [0.25, 0.3) is 0 Å². The van der Waals surface area contributed by atoms with Crippen molar-refractivity contribution in [2.45, 2.75) is 50.0 Å². The van der Waals surface area contributed by atoms with Crippen molar-refractivity contribution in [3.63, 3.8) is 0 Å². The number of fused-ring (bicyclic) bond motifs is 1. The normalized spacial score (nSPS) is 28.7. The fraction of sp³-hybridized carbons (Fsp3) is 0.750. The van der Waals surface area contributed by atoms with Crippen LogP contribution in [-0.2, 0) is 27.4 Å². The Morgan fingerprint density at radius 1 is 1.30 bits per heavy atom. The summed E-state index contributed by atoms with van der Waals surface area (Å²) in [6, 6.07) is 0. The molecule has 0 amide bonds. The molecule has 6 nitrogen and oxygen atoms in total. The summed E-state index contributed by atoms with van der Waals surface area (Å²) in [5, 5.41) is 3.40. The van der Waals surface area contributed by atoms with E-state index in [9.17, 15) is 8.42 Å². The van der Waals surface area contributed by atoms with Crippen molar-refractivity contribution in [1.82, 2.24) is 9.97 Å². The van der Waals surface area contributed by atoms with Gasteiger partial charge in [0.25, 0.3) is 0 Å². The molecule has 126 valence electrons. The lowest BCUT2D eigenvalue weighted by Crippen LogP contribution is -2.40. The van der Waals surface area contributed by atoms with Crippen LogP contribution in [0.4, 0.5) is 5.82 Å². The summed E-state index contributed by atoms with van der Waals surface area (Å²) in [7, 11) is -1.39. The molecule has 3 aliphatic rings. The van der Waals surface area contributed by atoms with Crippen molar-refractivity contribution < 1.29 is 13.2 Å². The number of sulfone groups is 1. The molecule has 1 saturated carbocycles. The zero-order valence-electron chi connectivity index (χ0n) is 13.5. The molecule has 0 aromatic carbocycles. The number of hydrogen-bond donors (Lipinski definition) is 1. The first-order valence-electron chi connectivity index (χ1n) is 8.39. The van der Waals surface area contributed by atoms with Crippen LogP contribution in [-0.4, -0.2) is 49.1 Å². The van der Waals surface area contributed by atoms with Crippen molar-refractivity contribution in [3.8, 4) is 0 Å². The molecule has 1 saturated heterocycles. The average Bonchev–Trinajstić information content (AvgIpc) is 3.18. The summed E-state index contributed by atoms with van der Waals surface area (Å²) in [6.45, 7) is 0.482. The van der Waals surface area contributed by atoms with Crippen molar-refractivity contribution in [1.29, 1.82) is 0 Å².